The van der Waals surface area contributed by atoms with Crippen molar-refractivity contribution >= 4 is 6.03 Å². The fraction of sp³-hybridized carbons (Fsp3) is 0.857. The van der Waals surface area contributed by atoms with Gasteiger partial charge in [-0.2, -0.15) is 0 Å². The Labute approximate surface area is 121 Å². The smallest absolute Gasteiger partial charge is 0.431 e. The SMILES string of the molecule is CN1CCN2C(=O)[N-]CC2C1.[Rb+]. The summed E-state index contributed by atoms with van der Waals surface area (Å²) in [5, 5.41) is 3.88. The molecule has 2 aliphatic heterocycles. The minimum atomic E-state index is -0.0110. The third-order valence-electron chi connectivity index (χ3n) is 2.37. The molecule has 2 fully saturated rings. The monoisotopic (exact) mass is 239 g/mol. The molecule has 12 heavy (non-hydrogen) atoms. The predicted molar refractivity (Wildman–Crippen MR) is 41.6 cm³/mol. The van der Waals surface area contributed by atoms with Gasteiger partial charge in [-0.3, -0.25) is 4.79 Å². The average Bonchev–Trinajstić information content (AvgIpc) is 2.32. The van der Waals surface area contributed by atoms with Gasteiger partial charge in [-0.1, -0.05) is 0 Å². The zero-order valence-electron chi connectivity index (χ0n) is 7.66. The van der Waals surface area contributed by atoms with Gasteiger partial charge in [-0.15, -0.1) is 0 Å². The van der Waals surface area contributed by atoms with E-state index in [2.05, 4.69) is 17.3 Å². The molecule has 2 saturated heterocycles. The second-order valence-electron chi connectivity index (χ2n) is 3.23. The summed E-state index contributed by atoms with van der Waals surface area (Å²) in [7, 11) is 2.08. The number of rotatable bonds is 0. The quantitative estimate of drug-likeness (QED) is 0.455. The second-order valence-corrected chi connectivity index (χ2v) is 3.23. The van der Waals surface area contributed by atoms with E-state index in [0.717, 1.165) is 19.6 Å². The van der Waals surface area contributed by atoms with E-state index in [1.54, 1.807) is 0 Å². The van der Waals surface area contributed by atoms with Gasteiger partial charge in [0, 0.05) is 6.54 Å². The fourth-order valence-electron chi connectivity index (χ4n) is 1.69. The van der Waals surface area contributed by atoms with Gasteiger partial charge in [0.05, 0.1) is 0 Å². The first-order chi connectivity index (χ1) is 5.27. The molecule has 0 aromatic rings. The van der Waals surface area contributed by atoms with Crippen LogP contribution in [0.4, 0.5) is 4.79 Å². The number of nitrogens with zero attached hydrogens (tertiary/aromatic N) is 3. The Hall–Kier alpha value is 1.04. The molecular weight excluding hydrogens is 228 g/mol. The predicted octanol–water partition coefficient (Wildman–Crippen LogP) is -2.89. The molecule has 1 atom stereocenters. The maximum atomic E-state index is 11.1. The molecule has 0 aromatic heterocycles. The Morgan fingerprint density at radius 2 is 2.25 bits per heavy atom. The summed E-state index contributed by atoms with van der Waals surface area (Å²) in [5.74, 6) is 0. The molecule has 62 valence electrons. The molecule has 0 N–H and O–H groups in total. The zero-order chi connectivity index (χ0) is 7.84. The van der Waals surface area contributed by atoms with E-state index >= 15 is 0 Å². The van der Waals surface area contributed by atoms with E-state index in [1.807, 2.05) is 4.90 Å². The molecule has 2 rings (SSSR count). The van der Waals surface area contributed by atoms with Crippen LogP contribution in [0, 0.1) is 0 Å². The van der Waals surface area contributed by atoms with E-state index in [0.29, 0.717) is 12.6 Å². The number of hydrogen-bond donors (Lipinski definition) is 0. The summed E-state index contributed by atoms with van der Waals surface area (Å²) in [6.45, 7) is 3.51. The van der Waals surface area contributed by atoms with Crippen LogP contribution in [0.5, 0.6) is 0 Å². The molecule has 0 spiro atoms. The summed E-state index contributed by atoms with van der Waals surface area (Å²) in [4.78, 5) is 15.2. The van der Waals surface area contributed by atoms with Crippen LogP contribution in [-0.4, -0.2) is 55.1 Å². The minimum absolute atomic E-state index is 0. The number of piperazine rings is 1. The van der Waals surface area contributed by atoms with Crippen LogP contribution in [-0.2, 0) is 0 Å². The average molecular weight is 240 g/mol. The Balaban J connectivity index is 0.000000720. The van der Waals surface area contributed by atoms with Gasteiger partial charge in [0.25, 0.3) is 0 Å². The van der Waals surface area contributed by atoms with Crippen molar-refractivity contribution in [3.8, 4) is 0 Å². The van der Waals surface area contributed by atoms with Gasteiger partial charge in [0.2, 0.25) is 0 Å². The van der Waals surface area contributed by atoms with Crippen molar-refractivity contribution in [1.29, 1.82) is 0 Å². The molecule has 0 aliphatic carbocycles. The molecule has 0 saturated carbocycles. The molecule has 1 unspecified atom stereocenters. The van der Waals surface area contributed by atoms with Crippen molar-refractivity contribution in [1.82, 2.24) is 9.80 Å². The number of likely N-dealkylation sites (N-methyl/N-ethyl adjacent to an activating group) is 1. The van der Waals surface area contributed by atoms with Gasteiger partial charge in [-0.25, -0.2) is 0 Å². The van der Waals surface area contributed by atoms with E-state index in [-0.39, 0.29) is 64.2 Å². The number of hydrogen-bond acceptors (Lipinski definition) is 2. The van der Waals surface area contributed by atoms with E-state index in [1.165, 1.54) is 0 Å². The summed E-state index contributed by atoms with van der Waals surface area (Å²) in [5.41, 5.74) is 0. The Morgan fingerprint density at radius 3 is 3.00 bits per heavy atom. The molecule has 5 heteroatoms. The third-order valence-corrected chi connectivity index (χ3v) is 2.37. The van der Waals surface area contributed by atoms with Crippen LogP contribution in [0.3, 0.4) is 0 Å². The summed E-state index contributed by atoms with van der Waals surface area (Å²) >= 11 is 0. The first-order valence-electron chi connectivity index (χ1n) is 3.94. The summed E-state index contributed by atoms with van der Waals surface area (Å²) in [6.07, 6.45) is 0. The third kappa shape index (κ3) is 2.09. The molecule has 0 bridgehead atoms. The summed E-state index contributed by atoms with van der Waals surface area (Å²) < 4.78 is 0. The number of fused-ring (bicyclic) bond motifs is 1. The topological polar surface area (TPSA) is 37.7 Å². The Kier molecular flexibility index (Phi) is 4.17. The van der Waals surface area contributed by atoms with Crippen molar-refractivity contribution in [3.05, 3.63) is 5.32 Å². The van der Waals surface area contributed by atoms with Crippen LogP contribution >= 0.6 is 0 Å². The van der Waals surface area contributed by atoms with Crippen molar-refractivity contribution in [3.63, 3.8) is 0 Å². The first kappa shape index (κ1) is 11.1. The zero-order valence-corrected chi connectivity index (χ0v) is 12.6. The van der Waals surface area contributed by atoms with Crippen LogP contribution in [0.15, 0.2) is 0 Å². The largest absolute Gasteiger partial charge is 1.00 e. The number of carbonyl (C=O) groups excluding carboxylic acids is 1. The molecule has 0 aromatic carbocycles. The van der Waals surface area contributed by atoms with Crippen LogP contribution in [0.1, 0.15) is 0 Å². The second kappa shape index (κ2) is 4.51. The Morgan fingerprint density at radius 1 is 1.50 bits per heavy atom. The maximum absolute atomic E-state index is 11.1. The van der Waals surface area contributed by atoms with E-state index in [9.17, 15) is 4.79 Å². The van der Waals surface area contributed by atoms with Crippen molar-refractivity contribution in [2.24, 2.45) is 0 Å². The van der Waals surface area contributed by atoms with Crippen molar-refractivity contribution in [2.45, 2.75) is 6.04 Å². The van der Waals surface area contributed by atoms with Gasteiger partial charge in [0.1, 0.15) is 0 Å². The van der Waals surface area contributed by atoms with Crippen LogP contribution in [0.2, 0.25) is 0 Å². The van der Waals surface area contributed by atoms with Crippen LogP contribution < -0.4 is 58.2 Å². The van der Waals surface area contributed by atoms with Gasteiger partial charge < -0.3 is 15.1 Å². The number of urea groups is 1. The molecule has 2 aliphatic rings. The fourth-order valence-corrected chi connectivity index (χ4v) is 1.69. The standard InChI is InChI=1S/C7H13N3O.Rb/c1-9-2-3-10-6(5-9)4-8-7(10)11;/h6H,2-5H2,1H3,(H,8,11);/q;+1/p-1. The van der Waals surface area contributed by atoms with Crippen molar-refractivity contribution < 1.29 is 63.0 Å². The minimum Gasteiger partial charge on any atom is -0.431 e. The van der Waals surface area contributed by atoms with E-state index in [4.69, 9.17) is 0 Å². The molecule has 2 heterocycles. The van der Waals surface area contributed by atoms with Gasteiger partial charge in [0.15, 0.2) is 6.03 Å². The first-order valence-corrected chi connectivity index (χ1v) is 3.94. The van der Waals surface area contributed by atoms with Crippen molar-refractivity contribution in [2.75, 3.05) is 33.2 Å². The number of carbonyl (C=O) groups is 1. The summed E-state index contributed by atoms with van der Waals surface area (Å²) in [6, 6.07) is 0.351. The molecule has 4 nitrogen and oxygen atoms in total. The number of amides is 2. The Bertz CT molecular complexity index is 187. The molecular formula is C7H12N3ORb. The van der Waals surface area contributed by atoms with E-state index < -0.39 is 0 Å². The van der Waals surface area contributed by atoms with Gasteiger partial charge in [-0.05, 0) is 32.7 Å². The van der Waals surface area contributed by atoms with Gasteiger partial charge >= 0.3 is 58.2 Å². The normalized spacial score (nSPS) is 29.2. The molecule has 2 amide bonds. The molecule has 0 radical (unpaired) electrons. The maximum Gasteiger partial charge on any atom is 1.00 e. The van der Waals surface area contributed by atoms with Crippen LogP contribution in [0.25, 0.3) is 5.32 Å².